The number of aliphatic hydroxyl groups is 1. The monoisotopic (exact) mass is 482 g/mol. The van der Waals surface area contributed by atoms with Gasteiger partial charge in [0.25, 0.3) is 0 Å². The van der Waals surface area contributed by atoms with Crippen LogP contribution in [-0.2, 0) is 16.8 Å². The Labute approximate surface area is 198 Å². The number of benzene rings is 1. The highest BCUT2D eigenvalue weighted by Gasteiger charge is 2.37. The third kappa shape index (κ3) is 3.73. The van der Waals surface area contributed by atoms with Crippen molar-refractivity contribution in [3.8, 4) is 16.9 Å². The second-order valence-electron chi connectivity index (χ2n) is 8.84. The molecule has 1 N–H and O–H groups in total. The third-order valence-electron chi connectivity index (χ3n) is 6.71. The summed E-state index contributed by atoms with van der Waals surface area (Å²) in [6, 6.07) is 8.07. The Balaban J connectivity index is 1.41. The van der Waals surface area contributed by atoms with Crippen molar-refractivity contribution < 1.29 is 27.8 Å². The van der Waals surface area contributed by atoms with Gasteiger partial charge in [0, 0.05) is 53.7 Å². The van der Waals surface area contributed by atoms with Crippen LogP contribution in [0.5, 0.6) is 5.75 Å². The van der Waals surface area contributed by atoms with Crippen LogP contribution in [0.15, 0.2) is 48.9 Å². The number of para-hydroxylation sites is 1. The lowest BCUT2D eigenvalue weighted by molar-refractivity contribution is -0.0505. The van der Waals surface area contributed by atoms with Gasteiger partial charge in [-0.15, -0.1) is 0 Å². The number of aromatic nitrogens is 4. The predicted molar refractivity (Wildman–Crippen MR) is 119 cm³/mol. The molecule has 2 aliphatic rings. The standard InChI is InChI=1S/C25H21F3N4O3/c26-18-9-21-31-19-6-5-16(15-3-1-2-4-20(15)35-24(27)28)22(19)32(21)12-17(18)14-10-29-23(30-11-14)25(33)7-8-34-13-25/h1-4,9-12,16,24,33H,5-8,13H2/t16-,25-/m1/s1. The van der Waals surface area contributed by atoms with Crippen molar-refractivity contribution in [2.24, 2.45) is 0 Å². The van der Waals surface area contributed by atoms with Gasteiger partial charge in [-0.25, -0.2) is 19.3 Å². The van der Waals surface area contributed by atoms with Crippen LogP contribution in [0.1, 0.15) is 41.5 Å². The maximum atomic E-state index is 15.1. The first-order valence-electron chi connectivity index (χ1n) is 11.3. The number of alkyl halides is 2. The molecule has 0 spiro atoms. The molecule has 7 nitrogen and oxygen atoms in total. The summed E-state index contributed by atoms with van der Waals surface area (Å²) >= 11 is 0. The van der Waals surface area contributed by atoms with Gasteiger partial charge >= 0.3 is 6.61 Å². The largest absolute Gasteiger partial charge is 0.435 e. The number of ether oxygens (including phenoxy) is 2. The zero-order chi connectivity index (χ0) is 24.2. The molecule has 4 aromatic rings. The number of fused-ring (bicyclic) bond motifs is 3. The minimum absolute atomic E-state index is 0.117. The van der Waals surface area contributed by atoms with Crippen LogP contribution in [0.4, 0.5) is 13.2 Å². The molecule has 3 aromatic heterocycles. The van der Waals surface area contributed by atoms with Crippen molar-refractivity contribution >= 4 is 5.65 Å². The van der Waals surface area contributed by atoms with Crippen LogP contribution in [-0.4, -0.2) is 44.3 Å². The quantitative estimate of drug-likeness (QED) is 0.459. The van der Waals surface area contributed by atoms with E-state index in [1.165, 1.54) is 24.5 Å². The van der Waals surface area contributed by atoms with E-state index in [0.29, 0.717) is 42.6 Å². The number of pyridine rings is 1. The van der Waals surface area contributed by atoms with E-state index in [1.54, 1.807) is 28.8 Å². The lowest BCUT2D eigenvalue weighted by Gasteiger charge is -2.18. The highest BCUT2D eigenvalue weighted by atomic mass is 19.3. The number of nitrogens with zero attached hydrogens (tertiary/aromatic N) is 4. The van der Waals surface area contributed by atoms with E-state index in [2.05, 4.69) is 15.0 Å². The lowest BCUT2D eigenvalue weighted by Crippen LogP contribution is -2.28. The molecule has 1 aliphatic heterocycles. The van der Waals surface area contributed by atoms with Gasteiger partial charge in [-0.1, -0.05) is 18.2 Å². The molecule has 1 aliphatic carbocycles. The van der Waals surface area contributed by atoms with Crippen molar-refractivity contribution in [3.63, 3.8) is 0 Å². The molecule has 0 unspecified atom stereocenters. The second-order valence-corrected chi connectivity index (χ2v) is 8.84. The molecule has 4 heterocycles. The summed E-state index contributed by atoms with van der Waals surface area (Å²) < 4.78 is 52.9. The Morgan fingerprint density at radius 2 is 2.00 bits per heavy atom. The van der Waals surface area contributed by atoms with Gasteiger partial charge in [0.05, 0.1) is 24.6 Å². The Kier molecular flexibility index (Phi) is 5.23. The fourth-order valence-electron chi connectivity index (χ4n) is 5.03. The van der Waals surface area contributed by atoms with Crippen LogP contribution < -0.4 is 4.74 Å². The topological polar surface area (TPSA) is 81.8 Å². The molecule has 0 bridgehead atoms. The summed E-state index contributed by atoms with van der Waals surface area (Å²) in [7, 11) is 0. The van der Waals surface area contributed by atoms with Gasteiger partial charge in [0.15, 0.2) is 5.82 Å². The number of hydrogen-bond donors (Lipinski definition) is 1. The molecule has 1 fully saturated rings. The molecule has 35 heavy (non-hydrogen) atoms. The van der Waals surface area contributed by atoms with Crippen molar-refractivity contribution in [1.82, 2.24) is 19.4 Å². The van der Waals surface area contributed by atoms with Crippen molar-refractivity contribution in [3.05, 3.63) is 77.5 Å². The molecule has 0 radical (unpaired) electrons. The summed E-state index contributed by atoms with van der Waals surface area (Å²) in [5.41, 5.74) is 2.15. The van der Waals surface area contributed by atoms with Gasteiger partial charge in [0.2, 0.25) is 0 Å². The number of rotatable bonds is 5. The van der Waals surface area contributed by atoms with E-state index >= 15 is 4.39 Å². The second kappa shape index (κ2) is 8.31. The van der Waals surface area contributed by atoms with Gasteiger partial charge < -0.3 is 19.0 Å². The zero-order valence-corrected chi connectivity index (χ0v) is 18.5. The van der Waals surface area contributed by atoms with Gasteiger partial charge in [-0.2, -0.15) is 8.78 Å². The average Bonchev–Trinajstić information content (AvgIpc) is 3.55. The average molecular weight is 482 g/mol. The van der Waals surface area contributed by atoms with E-state index in [0.717, 1.165) is 11.4 Å². The Hall–Kier alpha value is -3.50. The van der Waals surface area contributed by atoms with Crippen molar-refractivity contribution in [2.45, 2.75) is 37.4 Å². The molecule has 1 saturated heterocycles. The van der Waals surface area contributed by atoms with Crippen LogP contribution in [0.3, 0.4) is 0 Å². The third-order valence-corrected chi connectivity index (χ3v) is 6.71. The first-order valence-corrected chi connectivity index (χ1v) is 11.3. The van der Waals surface area contributed by atoms with Crippen LogP contribution in [0.2, 0.25) is 0 Å². The first kappa shape index (κ1) is 22.0. The van der Waals surface area contributed by atoms with Crippen LogP contribution >= 0.6 is 0 Å². The molecule has 2 atom stereocenters. The van der Waals surface area contributed by atoms with E-state index in [-0.39, 0.29) is 29.7 Å². The Bertz CT molecular complexity index is 1400. The van der Waals surface area contributed by atoms with Crippen molar-refractivity contribution in [1.29, 1.82) is 0 Å². The number of hydrogen-bond acceptors (Lipinski definition) is 6. The minimum atomic E-state index is -2.93. The highest BCUT2D eigenvalue weighted by Crippen LogP contribution is 2.43. The van der Waals surface area contributed by atoms with Crippen LogP contribution in [0, 0.1) is 5.82 Å². The highest BCUT2D eigenvalue weighted by molar-refractivity contribution is 5.65. The summed E-state index contributed by atoms with van der Waals surface area (Å²) in [4.78, 5) is 13.1. The van der Waals surface area contributed by atoms with Gasteiger partial charge in [-0.05, 0) is 18.9 Å². The normalized spacial score (nSPS) is 21.7. The van der Waals surface area contributed by atoms with Crippen molar-refractivity contribution in [2.75, 3.05) is 13.2 Å². The maximum absolute atomic E-state index is 15.1. The molecule has 6 rings (SSSR count). The Morgan fingerprint density at radius 3 is 2.74 bits per heavy atom. The molecule has 10 heteroatoms. The zero-order valence-electron chi connectivity index (χ0n) is 18.5. The van der Waals surface area contributed by atoms with Gasteiger partial charge in [0.1, 0.15) is 22.8 Å². The minimum Gasteiger partial charge on any atom is -0.435 e. The number of imidazole rings is 1. The predicted octanol–water partition coefficient (Wildman–Crippen LogP) is 4.22. The Morgan fingerprint density at radius 1 is 1.20 bits per heavy atom. The summed E-state index contributed by atoms with van der Waals surface area (Å²) in [6.07, 6.45) is 6.30. The van der Waals surface area contributed by atoms with E-state index in [1.807, 2.05) is 0 Å². The molecular weight excluding hydrogens is 461 g/mol. The fraction of sp³-hybridized carbons (Fsp3) is 0.320. The van der Waals surface area contributed by atoms with Crippen LogP contribution in [0.25, 0.3) is 16.8 Å². The van der Waals surface area contributed by atoms with E-state index in [4.69, 9.17) is 9.47 Å². The first-order chi connectivity index (χ1) is 16.9. The molecule has 0 saturated carbocycles. The summed E-state index contributed by atoms with van der Waals surface area (Å²) in [6.45, 7) is -2.39. The molecule has 0 amide bonds. The summed E-state index contributed by atoms with van der Waals surface area (Å²) in [5, 5.41) is 10.6. The van der Waals surface area contributed by atoms with E-state index < -0.39 is 18.0 Å². The fourth-order valence-corrected chi connectivity index (χ4v) is 5.03. The maximum Gasteiger partial charge on any atom is 0.387 e. The molecular formula is C25H21F3N4O3. The SMILES string of the molecule is O[C@]1(c2ncc(-c3cn4c5c(nc4cc3F)CC[C@@H]5c3ccccc3OC(F)F)cn2)CCOC1. The van der Waals surface area contributed by atoms with E-state index in [9.17, 15) is 13.9 Å². The smallest absolute Gasteiger partial charge is 0.387 e. The molecule has 180 valence electrons. The molecule has 1 aromatic carbocycles. The van der Waals surface area contributed by atoms with Gasteiger partial charge in [-0.3, -0.25) is 0 Å². The lowest BCUT2D eigenvalue weighted by atomic mass is 9.95. The number of halogens is 3. The summed E-state index contributed by atoms with van der Waals surface area (Å²) in [5.74, 6) is -0.364. The number of aryl methyl sites for hydroxylation is 1.